The van der Waals surface area contributed by atoms with Crippen LogP contribution in [0, 0.1) is 0 Å². The lowest BCUT2D eigenvalue weighted by molar-refractivity contribution is -0.128. The van der Waals surface area contributed by atoms with Crippen LogP contribution >= 0.6 is 11.8 Å². The van der Waals surface area contributed by atoms with E-state index in [2.05, 4.69) is 9.88 Å². The Morgan fingerprint density at radius 1 is 1.03 bits per heavy atom. The van der Waals surface area contributed by atoms with E-state index in [1.165, 1.54) is 24.1 Å². The van der Waals surface area contributed by atoms with Crippen LogP contribution in [0.2, 0.25) is 0 Å². The molecule has 0 spiro atoms. The molecule has 150 valence electrons. The average molecular weight is 409 g/mol. The van der Waals surface area contributed by atoms with Gasteiger partial charge in [0.25, 0.3) is 0 Å². The van der Waals surface area contributed by atoms with Gasteiger partial charge in [0.2, 0.25) is 5.91 Å². The van der Waals surface area contributed by atoms with E-state index in [1.807, 2.05) is 33.9 Å². The van der Waals surface area contributed by atoms with Gasteiger partial charge in [-0.3, -0.25) is 9.78 Å². The maximum absolute atomic E-state index is 12.6. The standard InChI is InChI=1S/C21H24N6OS/c28-19(15-29-16-5-7-22-8-6-16)25-11-13-26(14-12-25)21-20-17-3-1-2-4-18(17)24-27(20)10-9-23-21/h5-10H,1-4,11-15H2. The second-order valence-corrected chi connectivity index (χ2v) is 8.56. The van der Waals surface area contributed by atoms with E-state index < -0.39 is 0 Å². The second kappa shape index (κ2) is 8.02. The van der Waals surface area contributed by atoms with E-state index in [0.29, 0.717) is 5.75 Å². The van der Waals surface area contributed by atoms with Crippen molar-refractivity contribution in [3.63, 3.8) is 0 Å². The Morgan fingerprint density at radius 3 is 2.66 bits per heavy atom. The van der Waals surface area contributed by atoms with Crippen LogP contribution in [-0.4, -0.2) is 62.3 Å². The Hall–Kier alpha value is -2.61. The summed E-state index contributed by atoms with van der Waals surface area (Å²) in [5.41, 5.74) is 3.76. The third kappa shape index (κ3) is 3.69. The molecule has 0 atom stereocenters. The van der Waals surface area contributed by atoms with Crippen LogP contribution in [0.3, 0.4) is 0 Å². The summed E-state index contributed by atoms with van der Waals surface area (Å²) in [7, 11) is 0. The first-order chi connectivity index (χ1) is 14.3. The van der Waals surface area contributed by atoms with Gasteiger partial charge in [-0.15, -0.1) is 11.8 Å². The third-order valence-corrected chi connectivity index (χ3v) is 6.74. The van der Waals surface area contributed by atoms with Crippen LogP contribution in [0.1, 0.15) is 24.1 Å². The summed E-state index contributed by atoms with van der Waals surface area (Å²) in [5, 5.41) is 4.78. The highest BCUT2D eigenvalue weighted by Crippen LogP contribution is 2.30. The summed E-state index contributed by atoms with van der Waals surface area (Å²) in [6.45, 7) is 3.07. The molecule has 1 aliphatic heterocycles. The molecule has 1 aliphatic carbocycles. The van der Waals surface area contributed by atoms with Crippen molar-refractivity contribution in [3.8, 4) is 0 Å². The largest absolute Gasteiger partial charge is 0.351 e. The number of thioether (sulfide) groups is 1. The minimum atomic E-state index is 0.194. The highest BCUT2D eigenvalue weighted by Gasteiger charge is 2.26. The molecule has 0 saturated carbocycles. The molecule has 1 saturated heterocycles. The number of piperazine rings is 1. The van der Waals surface area contributed by atoms with Crippen molar-refractivity contribution in [1.82, 2.24) is 24.5 Å². The molecule has 5 rings (SSSR count). The van der Waals surface area contributed by atoms with E-state index in [-0.39, 0.29) is 5.91 Å². The fourth-order valence-electron chi connectivity index (χ4n) is 4.22. The molecular weight excluding hydrogens is 384 g/mol. The summed E-state index contributed by atoms with van der Waals surface area (Å²) < 4.78 is 2.00. The molecule has 4 heterocycles. The van der Waals surface area contributed by atoms with E-state index in [4.69, 9.17) is 10.1 Å². The first-order valence-corrected chi connectivity index (χ1v) is 11.2. The minimum absolute atomic E-state index is 0.194. The van der Waals surface area contributed by atoms with Gasteiger partial charge in [-0.1, -0.05) is 0 Å². The third-order valence-electron chi connectivity index (χ3n) is 5.74. The summed E-state index contributed by atoms with van der Waals surface area (Å²) in [4.78, 5) is 26.7. The molecule has 3 aromatic rings. The van der Waals surface area contributed by atoms with Crippen molar-refractivity contribution >= 4 is 29.0 Å². The van der Waals surface area contributed by atoms with Crippen LogP contribution in [-0.2, 0) is 17.6 Å². The van der Waals surface area contributed by atoms with Crippen molar-refractivity contribution < 1.29 is 4.79 Å². The summed E-state index contributed by atoms with van der Waals surface area (Å²) in [5.74, 6) is 1.68. The zero-order valence-corrected chi connectivity index (χ0v) is 17.1. The molecule has 1 fully saturated rings. The Balaban J connectivity index is 1.26. The monoisotopic (exact) mass is 408 g/mol. The average Bonchev–Trinajstić information content (AvgIpc) is 3.17. The first-order valence-electron chi connectivity index (χ1n) is 10.2. The number of rotatable bonds is 4. The molecule has 3 aromatic heterocycles. The highest BCUT2D eigenvalue weighted by molar-refractivity contribution is 8.00. The van der Waals surface area contributed by atoms with Crippen LogP contribution in [0.15, 0.2) is 41.8 Å². The van der Waals surface area contributed by atoms with Crippen molar-refractivity contribution in [2.45, 2.75) is 30.6 Å². The number of carbonyl (C=O) groups excluding carboxylic acids is 1. The van der Waals surface area contributed by atoms with Gasteiger partial charge >= 0.3 is 0 Å². The molecular formula is C21H24N6OS. The SMILES string of the molecule is O=C(CSc1ccncc1)N1CCN(c2nccn3nc4c(c23)CCCC4)CC1. The molecule has 8 heteroatoms. The molecule has 0 unspecified atom stereocenters. The zero-order chi connectivity index (χ0) is 19.6. The van der Waals surface area contributed by atoms with E-state index >= 15 is 0 Å². The molecule has 7 nitrogen and oxygen atoms in total. The van der Waals surface area contributed by atoms with Crippen molar-refractivity contribution in [2.24, 2.45) is 0 Å². The number of aromatic nitrogens is 4. The number of carbonyl (C=O) groups is 1. The molecule has 0 aromatic carbocycles. The lowest BCUT2D eigenvalue weighted by Gasteiger charge is -2.35. The number of fused-ring (bicyclic) bond motifs is 3. The first kappa shape index (κ1) is 18.4. The van der Waals surface area contributed by atoms with Crippen molar-refractivity contribution in [3.05, 3.63) is 48.2 Å². The molecule has 0 radical (unpaired) electrons. The maximum atomic E-state index is 12.6. The Labute approximate surface area is 174 Å². The topological polar surface area (TPSA) is 66.6 Å². The smallest absolute Gasteiger partial charge is 0.233 e. The number of amides is 1. The van der Waals surface area contributed by atoms with Crippen molar-refractivity contribution in [1.29, 1.82) is 0 Å². The molecule has 1 amide bonds. The zero-order valence-electron chi connectivity index (χ0n) is 16.3. The Kier molecular flexibility index (Phi) is 5.10. The van der Waals surface area contributed by atoms with Gasteiger partial charge in [0.1, 0.15) is 5.52 Å². The predicted molar refractivity (Wildman–Crippen MR) is 113 cm³/mol. The number of hydrogen-bond acceptors (Lipinski definition) is 6. The molecule has 0 bridgehead atoms. The van der Waals surface area contributed by atoms with Gasteiger partial charge in [0.15, 0.2) is 5.82 Å². The lowest BCUT2D eigenvalue weighted by Crippen LogP contribution is -2.49. The van der Waals surface area contributed by atoms with Crippen molar-refractivity contribution in [2.75, 3.05) is 36.8 Å². The van der Waals surface area contributed by atoms with Crippen LogP contribution in [0.25, 0.3) is 5.52 Å². The normalized spacial score (nSPS) is 16.8. The second-order valence-electron chi connectivity index (χ2n) is 7.52. The fraction of sp³-hybridized carbons (Fsp3) is 0.429. The van der Waals surface area contributed by atoms with Gasteiger partial charge in [0.05, 0.1) is 11.4 Å². The van der Waals surface area contributed by atoms with Gasteiger partial charge in [-0.2, -0.15) is 5.10 Å². The maximum Gasteiger partial charge on any atom is 0.233 e. The molecule has 29 heavy (non-hydrogen) atoms. The van der Waals surface area contributed by atoms with Crippen LogP contribution < -0.4 is 4.90 Å². The summed E-state index contributed by atoms with van der Waals surface area (Å²) in [6.07, 6.45) is 11.9. The summed E-state index contributed by atoms with van der Waals surface area (Å²) in [6, 6.07) is 3.88. The van der Waals surface area contributed by atoms with E-state index in [9.17, 15) is 4.79 Å². The number of aryl methyl sites for hydroxylation is 2. The van der Waals surface area contributed by atoms with E-state index in [1.54, 1.807) is 24.2 Å². The van der Waals surface area contributed by atoms with Gasteiger partial charge < -0.3 is 9.80 Å². The Bertz CT molecular complexity index is 1010. The summed E-state index contributed by atoms with van der Waals surface area (Å²) >= 11 is 1.57. The number of nitrogens with zero attached hydrogens (tertiary/aromatic N) is 6. The lowest BCUT2D eigenvalue weighted by atomic mass is 9.97. The molecule has 0 N–H and O–H groups in total. The predicted octanol–water partition coefficient (Wildman–Crippen LogP) is 2.44. The van der Waals surface area contributed by atoms with Gasteiger partial charge in [-0.25, -0.2) is 9.50 Å². The van der Waals surface area contributed by atoms with Gasteiger partial charge in [0, 0.05) is 61.4 Å². The number of pyridine rings is 1. The minimum Gasteiger partial charge on any atom is -0.351 e. The van der Waals surface area contributed by atoms with Crippen LogP contribution in [0.5, 0.6) is 0 Å². The fourth-order valence-corrected chi connectivity index (χ4v) is 5.00. The van der Waals surface area contributed by atoms with Gasteiger partial charge in [-0.05, 0) is 37.8 Å². The highest BCUT2D eigenvalue weighted by atomic mass is 32.2. The number of anilines is 1. The Morgan fingerprint density at radius 2 is 1.83 bits per heavy atom. The number of hydrogen-bond donors (Lipinski definition) is 0. The molecule has 2 aliphatic rings. The van der Waals surface area contributed by atoms with E-state index in [0.717, 1.165) is 55.3 Å². The van der Waals surface area contributed by atoms with Crippen LogP contribution in [0.4, 0.5) is 5.82 Å². The quantitative estimate of drug-likeness (QED) is 0.618.